The van der Waals surface area contributed by atoms with Crippen molar-refractivity contribution in [3.8, 4) is 17.1 Å². The van der Waals surface area contributed by atoms with Gasteiger partial charge in [0.15, 0.2) is 5.82 Å². The molecule has 0 spiro atoms. The fourth-order valence-electron chi connectivity index (χ4n) is 3.11. The number of methoxy groups -OCH3 is 2. The maximum atomic E-state index is 12.9. The number of thiophene rings is 1. The molecule has 30 heavy (non-hydrogen) atoms. The first kappa shape index (κ1) is 20.4. The number of hydrogen-bond acceptors (Lipinski definition) is 8. The number of nitrogens with one attached hydrogen (secondary N) is 1. The van der Waals surface area contributed by atoms with Crippen LogP contribution in [0.25, 0.3) is 21.5 Å². The van der Waals surface area contributed by atoms with Crippen molar-refractivity contribution in [1.82, 2.24) is 15.0 Å². The maximum absolute atomic E-state index is 12.9. The molecule has 0 saturated carbocycles. The van der Waals surface area contributed by atoms with Crippen LogP contribution in [0, 0.1) is 13.8 Å². The van der Waals surface area contributed by atoms with Crippen molar-refractivity contribution in [1.29, 1.82) is 0 Å². The summed E-state index contributed by atoms with van der Waals surface area (Å²) in [5.41, 5.74) is 3.46. The Balaban J connectivity index is 1.60. The topological polar surface area (TPSA) is 86.2 Å². The minimum absolute atomic E-state index is 0.192. The summed E-state index contributed by atoms with van der Waals surface area (Å²) in [6.07, 6.45) is 0. The zero-order valence-electron chi connectivity index (χ0n) is 17.0. The molecule has 3 heterocycles. The lowest BCUT2D eigenvalue weighted by Crippen LogP contribution is -2.11. The first-order chi connectivity index (χ1) is 14.5. The molecule has 0 unspecified atom stereocenters. The third kappa shape index (κ3) is 3.91. The summed E-state index contributed by atoms with van der Waals surface area (Å²) in [7, 11) is 3.14. The molecule has 0 aliphatic carbocycles. The van der Waals surface area contributed by atoms with Gasteiger partial charge in [0, 0.05) is 23.7 Å². The van der Waals surface area contributed by atoms with Crippen LogP contribution in [0.15, 0.2) is 29.6 Å². The molecule has 0 fully saturated rings. The van der Waals surface area contributed by atoms with Gasteiger partial charge in [0.25, 0.3) is 5.91 Å². The molecule has 0 aliphatic heterocycles. The van der Waals surface area contributed by atoms with Gasteiger partial charge in [-0.15, -0.1) is 22.7 Å². The SMILES string of the molecule is COCc1nc(OC)c2c(C)c(C(=O)Nc3ccc(-c4csc(C)n4)cc3)sc2n1. The Morgan fingerprint density at radius 1 is 1.10 bits per heavy atom. The fraction of sp³-hybridized carbons (Fsp3) is 0.238. The third-order valence-corrected chi connectivity index (χ3v) is 6.49. The van der Waals surface area contributed by atoms with E-state index < -0.39 is 0 Å². The van der Waals surface area contributed by atoms with E-state index in [1.165, 1.54) is 11.3 Å². The lowest BCUT2D eigenvalue weighted by Gasteiger charge is -2.06. The van der Waals surface area contributed by atoms with Crippen LogP contribution in [0.3, 0.4) is 0 Å². The van der Waals surface area contributed by atoms with E-state index in [4.69, 9.17) is 9.47 Å². The van der Waals surface area contributed by atoms with E-state index in [1.807, 2.05) is 43.5 Å². The van der Waals surface area contributed by atoms with Crippen LogP contribution < -0.4 is 10.1 Å². The second-order valence-corrected chi connectivity index (χ2v) is 8.66. The van der Waals surface area contributed by atoms with Gasteiger partial charge in [0.1, 0.15) is 11.4 Å². The number of aromatic nitrogens is 3. The number of aryl methyl sites for hydroxylation is 2. The lowest BCUT2D eigenvalue weighted by atomic mass is 10.1. The molecule has 9 heteroatoms. The van der Waals surface area contributed by atoms with Crippen molar-refractivity contribution in [2.45, 2.75) is 20.5 Å². The van der Waals surface area contributed by atoms with Gasteiger partial charge in [-0.3, -0.25) is 4.79 Å². The number of fused-ring (bicyclic) bond motifs is 1. The van der Waals surface area contributed by atoms with Gasteiger partial charge in [0.05, 0.1) is 28.1 Å². The van der Waals surface area contributed by atoms with Crippen LogP contribution in [0.2, 0.25) is 0 Å². The molecule has 0 radical (unpaired) electrons. The van der Waals surface area contributed by atoms with Gasteiger partial charge in [0.2, 0.25) is 5.88 Å². The molecule has 4 rings (SSSR count). The number of nitrogens with zero attached hydrogens (tertiary/aromatic N) is 3. The van der Waals surface area contributed by atoms with Crippen LogP contribution >= 0.6 is 22.7 Å². The monoisotopic (exact) mass is 440 g/mol. The average Bonchev–Trinajstić information content (AvgIpc) is 3.32. The number of anilines is 1. The summed E-state index contributed by atoms with van der Waals surface area (Å²) in [5.74, 6) is 0.772. The molecule has 0 saturated heterocycles. The highest BCUT2D eigenvalue weighted by atomic mass is 32.1. The summed E-state index contributed by atoms with van der Waals surface area (Å²) < 4.78 is 10.6. The van der Waals surface area contributed by atoms with Crippen LogP contribution in [-0.2, 0) is 11.3 Å². The second-order valence-electron chi connectivity index (χ2n) is 6.60. The molecular formula is C21H20N4O3S2. The van der Waals surface area contributed by atoms with Crippen LogP contribution in [0.4, 0.5) is 5.69 Å². The Morgan fingerprint density at radius 3 is 2.50 bits per heavy atom. The molecule has 0 bridgehead atoms. The van der Waals surface area contributed by atoms with Crippen molar-refractivity contribution in [2.75, 3.05) is 19.5 Å². The Hall–Kier alpha value is -2.88. The van der Waals surface area contributed by atoms with Crippen molar-refractivity contribution in [3.05, 3.63) is 50.9 Å². The van der Waals surface area contributed by atoms with Crippen LogP contribution in [0.1, 0.15) is 26.1 Å². The molecular weight excluding hydrogens is 420 g/mol. The van der Waals surface area contributed by atoms with Gasteiger partial charge in [-0.1, -0.05) is 12.1 Å². The van der Waals surface area contributed by atoms with Crippen molar-refractivity contribution in [3.63, 3.8) is 0 Å². The number of ether oxygens (including phenoxy) is 2. The molecule has 154 valence electrons. The number of amides is 1. The van der Waals surface area contributed by atoms with E-state index in [-0.39, 0.29) is 12.5 Å². The largest absolute Gasteiger partial charge is 0.480 e. The summed E-state index contributed by atoms with van der Waals surface area (Å²) in [6, 6.07) is 7.66. The molecule has 1 aromatic carbocycles. The number of benzene rings is 1. The summed E-state index contributed by atoms with van der Waals surface area (Å²) >= 11 is 2.93. The highest BCUT2D eigenvalue weighted by Gasteiger charge is 2.21. The Morgan fingerprint density at radius 2 is 1.87 bits per heavy atom. The first-order valence-corrected chi connectivity index (χ1v) is 10.9. The van der Waals surface area contributed by atoms with Crippen LogP contribution in [0.5, 0.6) is 5.88 Å². The van der Waals surface area contributed by atoms with Crippen molar-refractivity contribution < 1.29 is 14.3 Å². The van der Waals surface area contributed by atoms with Gasteiger partial charge in [-0.05, 0) is 31.5 Å². The highest BCUT2D eigenvalue weighted by Crippen LogP contribution is 2.35. The van der Waals surface area contributed by atoms with Gasteiger partial charge < -0.3 is 14.8 Å². The van der Waals surface area contributed by atoms with Crippen LogP contribution in [-0.4, -0.2) is 35.1 Å². The van der Waals surface area contributed by atoms with Gasteiger partial charge in [-0.25, -0.2) is 9.97 Å². The van der Waals surface area contributed by atoms with E-state index in [9.17, 15) is 4.79 Å². The predicted octanol–water partition coefficient (Wildman–Crippen LogP) is 4.84. The van der Waals surface area contributed by atoms with Crippen molar-refractivity contribution >= 4 is 44.5 Å². The minimum Gasteiger partial charge on any atom is -0.480 e. The molecule has 7 nitrogen and oxygen atoms in total. The van der Waals surface area contributed by atoms with E-state index in [0.29, 0.717) is 27.1 Å². The minimum atomic E-state index is -0.192. The quantitative estimate of drug-likeness (QED) is 0.462. The van der Waals surface area contributed by atoms with E-state index in [1.54, 1.807) is 25.6 Å². The Kier molecular flexibility index (Phi) is 5.76. The number of hydrogen-bond donors (Lipinski definition) is 1. The van der Waals surface area contributed by atoms with E-state index >= 15 is 0 Å². The molecule has 0 atom stereocenters. The fourth-order valence-corrected chi connectivity index (χ4v) is 4.82. The number of carbonyl (C=O) groups excluding carboxylic acids is 1. The molecule has 0 aliphatic rings. The van der Waals surface area contributed by atoms with E-state index in [0.717, 1.165) is 27.2 Å². The Labute approximate surface area is 181 Å². The van der Waals surface area contributed by atoms with Crippen molar-refractivity contribution in [2.24, 2.45) is 0 Å². The first-order valence-electron chi connectivity index (χ1n) is 9.17. The number of thiazole rings is 1. The summed E-state index contributed by atoms with van der Waals surface area (Å²) in [5, 5.41) is 6.76. The molecule has 1 amide bonds. The van der Waals surface area contributed by atoms with Gasteiger partial charge >= 0.3 is 0 Å². The third-order valence-electron chi connectivity index (χ3n) is 4.53. The maximum Gasteiger partial charge on any atom is 0.266 e. The predicted molar refractivity (Wildman–Crippen MR) is 120 cm³/mol. The smallest absolute Gasteiger partial charge is 0.266 e. The highest BCUT2D eigenvalue weighted by molar-refractivity contribution is 7.20. The van der Waals surface area contributed by atoms with Gasteiger partial charge in [-0.2, -0.15) is 4.98 Å². The Bertz CT molecular complexity index is 1220. The second kappa shape index (κ2) is 8.47. The zero-order valence-corrected chi connectivity index (χ0v) is 18.6. The lowest BCUT2D eigenvalue weighted by molar-refractivity contribution is 0.103. The summed E-state index contributed by atoms with van der Waals surface area (Å²) in [6.45, 7) is 4.13. The standard InChI is InChI=1S/C21H20N4O3S2/c1-11-17-20(28-4)24-16(9-27-3)25-21(17)30-18(11)19(26)23-14-7-5-13(6-8-14)15-10-29-12(2)22-15/h5-8,10H,9H2,1-4H3,(H,23,26). The zero-order chi connectivity index (χ0) is 21.3. The number of rotatable bonds is 6. The normalized spacial score (nSPS) is 11.1. The summed E-state index contributed by atoms with van der Waals surface area (Å²) in [4.78, 5) is 27.6. The molecule has 3 aromatic heterocycles. The van der Waals surface area contributed by atoms with E-state index in [2.05, 4.69) is 20.3 Å². The average molecular weight is 441 g/mol. The molecule has 1 N–H and O–H groups in total. The number of carbonyl (C=O) groups is 1. The molecule has 4 aromatic rings.